The Balaban J connectivity index is 3.06. The number of hydrogen-bond donors (Lipinski definition) is 0. The summed E-state index contributed by atoms with van der Waals surface area (Å²) in [4.78, 5) is 0.921. The Morgan fingerprint density at radius 2 is 2.10 bits per heavy atom. The molecule has 0 aliphatic carbocycles. The van der Waals surface area contributed by atoms with E-state index >= 15 is 0 Å². The molecule has 1 radical (unpaired) electrons. The third-order valence-corrected chi connectivity index (χ3v) is 1.87. The van der Waals surface area contributed by atoms with Crippen molar-refractivity contribution in [3.63, 3.8) is 0 Å². The number of thioether (sulfide) groups is 1. The molecule has 2 heteroatoms. The van der Waals surface area contributed by atoms with Crippen LogP contribution in [0, 0.1) is 12.7 Å². The highest BCUT2D eigenvalue weighted by molar-refractivity contribution is 7.98. The van der Waals surface area contributed by atoms with Crippen LogP contribution in [0.15, 0.2) is 23.1 Å². The smallest absolute Gasteiger partial charge is 0.124 e. The van der Waals surface area contributed by atoms with Gasteiger partial charge in [-0.05, 0) is 36.9 Å². The molecule has 0 aromatic heterocycles. The molecule has 0 aliphatic heterocycles. The van der Waals surface area contributed by atoms with E-state index in [1.54, 1.807) is 0 Å². The first-order valence-corrected chi connectivity index (χ1v) is 4.11. The van der Waals surface area contributed by atoms with E-state index in [1.807, 2.05) is 12.3 Å². The second-order valence-corrected chi connectivity index (χ2v) is 2.88. The fourth-order valence-electron chi connectivity index (χ4n) is 0.739. The minimum Gasteiger partial charge on any atom is -0.207 e. The molecular weight excluding hydrogens is 147 g/mol. The molecule has 0 saturated carbocycles. The molecule has 0 nitrogen and oxygen atoms in total. The first kappa shape index (κ1) is 7.61. The number of hydrogen-bond acceptors (Lipinski definition) is 1. The van der Waals surface area contributed by atoms with Gasteiger partial charge in [0, 0.05) is 4.90 Å². The van der Waals surface area contributed by atoms with Crippen LogP contribution in [-0.2, 0) is 0 Å². The van der Waals surface area contributed by atoms with Crippen molar-refractivity contribution >= 4 is 11.8 Å². The lowest BCUT2D eigenvalue weighted by Gasteiger charge is -1.97. The molecule has 1 aromatic rings. The molecule has 10 heavy (non-hydrogen) atoms. The SMILES string of the molecule is [CH2]c1cc(F)cc(SC)c1. The van der Waals surface area contributed by atoms with Crippen LogP contribution in [0.25, 0.3) is 0 Å². The third-order valence-electron chi connectivity index (χ3n) is 1.17. The highest BCUT2D eigenvalue weighted by Crippen LogP contribution is 2.17. The van der Waals surface area contributed by atoms with Gasteiger partial charge in [0.1, 0.15) is 5.82 Å². The topological polar surface area (TPSA) is 0 Å². The van der Waals surface area contributed by atoms with E-state index in [0.29, 0.717) is 0 Å². The average molecular weight is 155 g/mol. The molecule has 0 saturated heterocycles. The van der Waals surface area contributed by atoms with E-state index in [1.165, 1.54) is 23.9 Å². The fourth-order valence-corrected chi connectivity index (χ4v) is 1.24. The zero-order valence-corrected chi connectivity index (χ0v) is 6.54. The van der Waals surface area contributed by atoms with Gasteiger partial charge in [0.25, 0.3) is 0 Å². The van der Waals surface area contributed by atoms with Gasteiger partial charge in [-0.3, -0.25) is 0 Å². The first-order chi connectivity index (χ1) is 4.72. The van der Waals surface area contributed by atoms with Gasteiger partial charge in [-0.15, -0.1) is 11.8 Å². The second-order valence-electron chi connectivity index (χ2n) is 2.00. The quantitative estimate of drug-likeness (QED) is 0.562. The average Bonchev–Trinajstić information content (AvgIpc) is 1.85. The predicted molar refractivity (Wildman–Crippen MR) is 42.6 cm³/mol. The molecular formula is C8H8FS. The van der Waals surface area contributed by atoms with Crippen molar-refractivity contribution in [2.24, 2.45) is 0 Å². The molecule has 0 N–H and O–H groups in total. The normalized spacial score (nSPS) is 9.90. The monoisotopic (exact) mass is 155 g/mol. The Bertz CT molecular complexity index is 212. The van der Waals surface area contributed by atoms with Gasteiger partial charge in [-0.25, -0.2) is 4.39 Å². The molecule has 0 bridgehead atoms. The molecule has 0 unspecified atom stereocenters. The van der Waals surface area contributed by atoms with Gasteiger partial charge in [0.15, 0.2) is 0 Å². The second kappa shape index (κ2) is 3.06. The Hall–Kier alpha value is -0.500. The van der Waals surface area contributed by atoms with Crippen LogP contribution in [0.5, 0.6) is 0 Å². The summed E-state index contributed by atoms with van der Waals surface area (Å²) >= 11 is 1.52. The van der Waals surface area contributed by atoms with Crippen molar-refractivity contribution in [2.45, 2.75) is 4.90 Å². The van der Waals surface area contributed by atoms with E-state index in [2.05, 4.69) is 6.92 Å². The van der Waals surface area contributed by atoms with Crippen molar-refractivity contribution in [2.75, 3.05) is 6.26 Å². The predicted octanol–water partition coefficient (Wildman–Crippen LogP) is 2.73. The summed E-state index contributed by atoms with van der Waals surface area (Å²) in [5, 5.41) is 0. The summed E-state index contributed by atoms with van der Waals surface area (Å²) in [6, 6.07) is 4.77. The van der Waals surface area contributed by atoms with E-state index in [0.717, 1.165) is 10.5 Å². The highest BCUT2D eigenvalue weighted by atomic mass is 32.2. The van der Waals surface area contributed by atoms with Crippen molar-refractivity contribution in [1.82, 2.24) is 0 Å². The van der Waals surface area contributed by atoms with E-state index in [-0.39, 0.29) is 5.82 Å². The Kier molecular flexibility index (Phi) is 2.33. The van der Waals surface area contributed by atoms with Crippen LogP contribution in [0.4, 0.5) is 4.39 Å². The standard InChI is InChI=1S/C8H8FS/c1-6-3-7(9)5-8(4-6)10-2/h3-5H,1H2,2H3. The van der Waals surface area contributed by atoms with Gasteiger partial charge in [0.05, 0.1) is 0 Å². The van der Waals surface area contributed by atoms with Crippen molar-refractivity contribution in [1.29, 1.82) is 0 Å². The van der Waals surface area contributed by atoms with Crippen molar-refractivity contribution in [3.05, 3.63) is 36.5 Å². The summed E-state index contributed by atoms with van der Waals surface area (Å²) in [6.45, 7) is 3.64. The summed E-state index contributed by atoms with van der Waals surface area (Å²) in [7, 11) is 0. The molecule has 0 spiro atoms. The number of halogens is 1. The lowest BCUT2D eigenvalue weighted by Crippen LogP contribution is -1.78. The van der Waals surface area contributed by atoms with Crippen molar-refractivity contribution in [3.8, 4) is 0 Å². The summed E-state index contributed by atoms with van der Waals surface area (Å²) in [5.74, 6) is -0.211. The molecule has 0 amide bonds. The van der Waals surface area contributed by atoms with Gasteiger partial charge in [0.2, 0.25) is 0 Å². The zero-order valence-electron chi connectivity index (χ0n) is 5.73. The molecule has 0 heterocycles. The highest BCUT2D eigenvalue weighted by Gasteiger charge is 1.94. The van der Waals surface area contributed by atoms with Crippen LogP contribution in [0.3, 0.4) is 0 Å². The van der Waals surface area contributed by atoms with Crippen LogP contribution in [-0.4, -0.2) is 6.26 Å². The summed E-state index contributed by atoms with van der Waals surface area (Å²) in [5.41, 5.74) is 0.726. The molecule has 53 valence electrons. The summed E-state index contributed by atoms with van der Waals surface area (Å²) < 4.78 is 12.6. The first-order valence-electron chi connectivity index (χ1n) is 2.89. The van der Waals surface area contributed by atoms with Crippen LogP contribution in [0.2, 0.25) is 0 Å². The molecule has 0 atom stereocenters. The maximum Gasteiger partial charge on any atom is 0.124 e. The summed E-state index contributed by atoms with van der Waals surface area (Å²) in [6.07, 6.45) is 1.91. The minimum atomic E-state index is -0.211. The number of rotatable bonds is 1. The molecule has 1 rings (SSSR count). The zero-order chi connectivity index (χ0) is 7.56. The largest absolute Gasteiger partial charge is 0.207 e. The molecule has 0 fully saturated rings. The Morgan fingerprint density at radius 3 is 2.60 bits per heavy atom. The van der Waals surface area contributed by atoms with Crippen molar-refractivity contribution < 1.29 is 4.39 Å². The van der Waals surface area contributed by atoms with Gasteiger partial charge >= 0.3 is 0 Å². The Morgan fingerprint density at radius 1 is 1.40 bits per heavy atom. The van der Waals surface area contributed by atoms with Crippen LogP contribution < -0.4 is 0 Å². The minimum absolute atomic E-state index is 0.211. The van der Waals surface area contributed by atoms with Crippen LogP contribution in [0.1, 0.15) is 5.56 Å². The van der Waals surface area contributed by atoms with Gasteiger partial charge < -0.3 is 0 Å². The van der Waals surface area contributed by atoms with E-state index in [4.69, 9.17) is 0 Å². The van der Waals surface area contributed by atoms with Gasteiger partial charge in [-0.2, -0.15) is 0 Å². The van der Waals surface area contributed by atoms with E-state index < -0.39 is 0 Å². The maximum atomic E-state index is 12.6. The lowest BCUT2D eigenvalue weighted by molar-refractivity contribution is 0.623. The maximum absolute atomic E-state index is 12.6. The molecule has 0 aliphatic rings. The van der Waals surface area contributed by atoms with Gasteiger partial charge in [-0.1, -0.05) is 0 Å². The third kappa shape index (κ3) is 1.74. The Labute approximate surface area is 64.4 Å². The lowest BCUT2D eigenvalue weighted by atomic mass is 10.2. The number of benzene rings is 1. The fraction of sp³-hybridized carbons (Fsp3) is 0.125. The van der Waals surface area contributed by atoms with Crippen LogP contribution >= 0.6 is 11.8 Å². The van der Waals surface area contributed by atoms with E-state index in [9.17, 15) is 4.39 Å². The molecule has 1 aromatic carbocycles.